The van der Waals surface area contributed by atoms with E-state index in [-0.39, 0.29) is 11.8 Å². The van der Waals surface area contributed by atoms with Gasteiger partial charge >= 0.3 is 0 Å². The number of hydrogen-bond acceptors (Lipinski definition) is 3. The number of carbonyl (C=O) groups is 2. The molecule has 4 nitrogen and oxygen atoms in total. The van der Waals surface area contributed by atoms with E-state index in [0.717, 1.165) is 5.56 Å². The van der Waals surface area contributed by atoms with Gasteiger partial charge in [0.25, 0.3) is 0 Å². The highest BCUT2D eigenvalue weighted by atomic mass is 16.3. The summed E-state index contributed by atoms with van der Waals surface area (Å²) in [5.74, 6) is -0.114. The Balaban J connectivity index is 1.92. The molecule has 0 unspecified atom stereocenters. The van der Waals surface area contributed by atoms with Gasteiger partial charge in [-0.25, -0.2) is 0 Å². The molecular formula is C10H11NO3. The molecule has 1 aromatic rings. The fourth-order valence-electron chi connectivity index (χ4n) is 1.55. The van der Waals surface area contributed by atoms with Crippen molar-refractivity contribution in [2.45, 2.75) is 19.3 Å². The van der Waals surface area contributed by atoms with Crippen molar-refractivity contribution in [3.8, 4) is 0 Å². The average molecular weight is 193 g/mol. The summed E-state index contributed by atoms with van der Waals surface area (Å²) in [4.78, 5) is 23.8. The van der Waals surface area contributed by atoms with Crippen LogP contribution in [0.5, 0.6) is 0 Å². The van der Waals surface area contributed by atoms with Crippen LogP contribution in [0.2, 0.25) is 0 Å². The lowest BCUT2D eigenvalue weighted by molar-refractivity contribution is -0.138. The number of imide groups is 1. The Morgan fingerprint density at radius 1 is 1.29 bits per heavy atom. The van der Waals surface area contributed by atoms with Gasteiger partial charge in [0.2, 0.25) is 11.8 Å². The molecule has 14 heavy (non-hydrogen) atoms. The zero-order valence-electron chi connectivity index (χ0n) is 7.73. The van der Waals surface area contributed by atoms with E-state index < -0.39 is 0 Å². The first-order valence-corrected chi connectivity index (χ1v) is 4.61. The van der Waals surface area contributed by atoms with Crippen LogP contribution in [-0.4, -0.2) is 23.3 Å². The van der Waals surface area contributed by atoms with Gasteiger partial charge in [0.1, 0.15) is 0 Å². The molecule has 1 saturated heterocycles. The molecule has 2 rings (SSSR count). The van der Waals surface area contributed by atoms with Crippen molar-refractivity contribution >= 4 is 11.8 Å². The standard InChI is InChI=1S/C10H11NO3/c12-9-1-2-10(13)11(9)5-3-8-4-6-14-7-8/h4,6-7H,1-3,5H2. The summed E-state index contributed by atoms with van der Waals surface area (Å²) < 4.78 is 4.89. The number of carbonyl (C=O) groups excluding carboxylic acids is 2. The van der Waals surface area contributed by atoms with Crippen molar-refractivity contribution < 1.29 is 14.0 Å². The van der Waals surface area contributed by atoms with E-state index >= 15 is 0 Å². The van der Waals surface area contributed by atoms with E-state index in [9.17, 15) is 9.59 Å². The summed E-state index contributed by atoms with van der Waals surface area (Å²) in [6.07, 6.45) is 4.62. The van der Waals surface area contributed by atoms with Gasteiger partial charge < -0.3 is 4.42 Å². The fourth-order valence-corrected chi connectivity index (χ4v) is 1.55. The Labute approximate surface area is 81.5 Å². The normalized spacial score (nSPS) is 16.7. The van der Waals surface area contributed by atoms with Crippen molar-refractivity contribution in [3.63, 3.8) is 0 Å². The topological polar surface area (TPSA) is 50.5 Å². The summed E-state index contributed by atoms with van der Waals surface area (Å²) in [5.41, 5.74) is 1.01. The molecule has 0 aromatic carbocycles. The van der Waals surface area contributed by atoms with Crippen LogP contribution in [0.15, 0.2) is 23.0 Å². The van der Waals surface area contributed by atoms with Crippen LogP contribution in [-0.2, 0) is 16.0 Å². The van der Waals surface area contributed by atoms with E-state index in [1.165, 1.54) is 4.90 Å². The second-order valence-corrected chi connectivity index (χ2v) is 3.32. The van der Waals surface area contributed by atoms with Gasteiger partial charge in [-0.2, -0.15) is 0 Å². The van der Waals surface area contributed by atoms with Crippen LogP contribution in [0.25, 0.3) is 0 Å². The van der Waals surface area contributed by atoms with Crippen LogP contribution >= 0.6 is 0 Å². The fraction of sp³-hybridized carbons (Fsp3) is 0.400. The van der Waals surface area contributed by atoms with Gasteiger partial charge in [-0.05, 0) is 18.1 Å². The molecule has 2 heterocycles. The number of likely N-dealkylation sites (tertiary alicyclic amines) is 1. The molecular weight excluding hydrogens is 182 g/mol. The second kappa shape index (κ2) is 3.65. The van der Waals surface area contributed by atoms with Gasteiger partial charge in [0.15, 0.2) is 0 Å². The molecule has 0 bridgehead atoms. The SMILES string of the molecule is O=C1CCC(=O)N1CCc1ccoc1. The summed E-state index contributed by atoms with van der Waals surface area (Å²) in [5, 5.41) is 0. The molecule has 4 heteroatoms. The van der Waals surface area contributed by atoms with E-state index in [2.05, 4.69) is 0 Å². The van der Waals surface area contributed by atoms with Crippen molar-refractivity contribution in [2.75, 3.05) is 6.54 Å². The van der Waals surface area contributed by atoms with Crippen molar-refractivity contribution in [1.29, 1.82) is 0 Å². The Morgan fingerprint density at radius 3 is 2.57 bits per heavy atom. The van der Waals surface area contributed by atoms with Crippen LogP contribution in [0.1, 0.15) is 18.4 Å². The molecule has 1 aliphatic rings. The average Bonchev–Trinajstić information content (AvgIpc) is 2.76. The molecule has 1 fully saturated rings. The van der Waals surface area contributed by atoms with E-state index in [0.29, 0.717) is 25.8 Å². The van der Waals surface area contributed by atoms with Crippen molar-refractivity contribution in [3.05, 3.63) is 24.2 Å². The number of hydrogen-bond donors (Lipinski definition) is 0. The van der Waals surface area contributed by atoms with Crippen LogP contribution < -0.4 is 0 Å². The molecule has 0 N–H and O–H groups in total. The zero-order chi connectivity index (χ0) is 9.97. The monoisotopic (exact) mass is 193 g/mol. The Kier molecular flexibility index (Phi) is 2.35. The van der Waals surface area contributed by atoms with Gasteiger partial charge in [-0.15, -0.1) is 0 Å². The smallest absolute Gasteiger partial charge is 0.229 e. The summed E-state index contributed by atoms with van der Waals surface area (Å²) >= 11 is 0. The highest BCUT2D eigenvalue weighted by Crippen LogP contribution is 2.12. The Hall–Kier alpha value is -1.58. The summed E-state index contributed by atoms with van der Waals surface area (Å²) in [6, 6.07) is 1.84. The van der Waals surface area contributed by atoms with E-state index in [4.69, 9.17) is 4.42 Å². The summed E-state index contributed by atoms with van der Waals surface area (Å²) in [7, 11) is 0. The first-order chi connectivity index (χ1) is 6.77. The minimum atomic E-state index is -0.0569. The molecule has 74 valence electrons. The maximum atomic E-state index is 11.2. The molecule has 1 aliphatic heterocycles. The number of nitrogens with zero attached hydrogens (tertiary/aromatic N) is 1. The lowest BCUT2D eigenvalue weighted by atomic mass is 10.2. The predicted octanol–water partition coefficient (Wildman–Crippen LogP) is 0.971. The van der Waals surface area contributed by atoms with Gasteiger partial charge in [0.05, 0.1) is 12.5 Å². The third-order valence-corrected chi connectivity index (χ3v) is 2.36. The maximum absolute atomic E-state index is 11.2. The zero-order valence-corrected chi connectivity index (χ0v) is 7.73. The first-order valence-electron chi connectivity index (χ1n) is 4.61. The lowest BCUT2D eigenvalue weighted by Gasteiger charge is -2.12. The highest BCUT2D eigenvalue weighted by molar-refractivity contribution is 6.01. The predicted molar refractivity (Wildman–Crippen MR) is 48.4 cm³/mol. The number of furan rings is 1. The Bertz CT molecular complexity index is 326. The summed E-state index contributed by atoms with van der Waals surface area (Å²) in [6.45, 7) is 0.469. The maximum Gasteiger partial charge on any atom is 0.229 e. The van der Waals surface area contributed by atoms with Crippen molar-refractivity contribution in [1.82, 2.24) is 4.90 Å². The van der Waals surface area contributed by atoms with E-state index in [1.54, 1.807) is 12.5 Å². The van der Waals surface area contributed by atoms with E-state index in [1.807, 2.05) is 6.07 Å². The molecule has 0 spiro atoms. The number of rotatable bonds is 3. The first kappa shape index (κ1) is 8.99. The molecule has 2 amide bonds. The van der Waals surface area contributed by atoms with Crippen LogP contribution in [0.3, 0.4) is 0 Å². The minimum absolute atomic E-state index is 0.0569. The molecule has 0 atom stereocenters. The van der Waals surface area contributed by atoms with Crippen molar-refractivity contribution in [2.24, 2.45) is 0 Å². The van der Waals surface area contributed by atoms with Gasteiger partial charge in [-0.1, -0.05) is 0 Å². The molecule has 0 aliphatic carbocycles. The minimum Gasteiger partial charge on any atom is -0.472 e. The van der Waals surface area contributed by atoms with Gasteiger partial charge in [-0.3, -0.25) is 14.5 Å². The third-order valence-electron chi connectivity index (χ3n) is 2.36. The molecule has 0 radical (unpaired) electrons. The highest BCUT2D eigenvalue weighted by Gasteiger charge is 2.28. The number of amides is 2. The molecule has 0 saturated carbocycles. The van der Waals surface area contributed by atoms with Crippen LogP contribution in [0.4, 0.5) is 0 Å². The van der Waals surface area contributed by atoms with Crippen LogP contribution in [0, 0.1) is 0 Å². The van der Waals surface area contributed by atoms with Gasteiger partial charge in [0, 0.05) is 19.4 Å². The quantitative estimate of drug-likeness (QED) is 0.672. The lowest BCUT2D eigenvalue weighted by Crippen LogP contribution is -2.30. The molecule has 1 aromatic heterocycles. The largest absolute Gasteiger partial charge is 0.472 e. The second-order valence-electron chi connectivity index (χ2n) is 3.32. The third kappa shape index (κ3) is 1.69. The Morgan fingerprint density at radius 2 is 2.00 bits per heavy atom.